The van der Waals surface area contributed by atoms with Gasteiger partial charge in [-0.25, -0.2) is 0 Å². The van der Waals surface area contributed by atoms with Gasteiger partial charge in [0, 0.05) is 26.2 Å². The quantitative estimate of drug-likeness (QED) is 0.690. The number of piperidine rings is 1. The summed E-state index contributed by atoms with van der Waals surface area (Å²) < 4.78 is 1.97. The van der Waals surface area contributed by atoms with Gasteiger partial charge in [-0.05, 0) is 66.5 Å². The van der Waals surface area contributed by atoms with Crippen LogP contribution in [0.5, 0.6) is 0 Å². The van der Waals surface area contributed by atoms with Gasteiger partial charge in [0.05, 0.1) is 5.56 Å². The highest BCUT2D eigenvalue weighted by Gasteiger charge is 2.42. The lowest BCUT2D eigenvalue weighted by Crippen LogP contribution is -2.50. The topological polar surface area (TPSA) is 46.3 Å². The average molecular weight is 435 g/mol. The summed E-state index contributed by atoms with van der Waals surface area (Å²) in [6.07, 6.45) is 4.11. The molecule has 0 aromatic heterocycles. The van der Waals surface area contributed by atoms with E-state index in [1.807, 2.05) is 18.2 Å². The smallest absolute Gasteiger partial charge is 0.255 e. The molecule has 19 heavy (non-hydrogen) atoms. The van der Waals surface area contributed by atoms with E-state index in [9.17, 15) is 4.79 Å². The Morgan fingerprint density at radius 1 is 1.32 bits per heavy atom. The van der Waals surface area contributed by atoms with E-state index in [4.69, 9.17) is 5.73 Å². The zero-order valence-corrected chi connectivity index (χ0v) is 14.2. The van der Waals surface area contributed by atoms with Crippen molar-refractivity contribution in [1.82, 2.24) is 4.90 Å². The first-order valence-corrected chi connectivity index (χ1v) is 8.46. The number of nitrogens with two attached hydrogens (primary N) is 1. The number of amides is 1. The van der Waals surface area contributed by atoms with E-state index in [0.29, 0.717) is 12.1 Å². The van der Waals surface area contributed by atoms with Crippen LogP contribution in [0.1, 0.15) is 36.0 Å². The van der Waals surface area contributed by atoms with Gasteiger partial charge in [-0.3, -0.25) is 4.79 Å². The van der Waals surface area contributed by atoms with Crippen molar-refractivity contribution in [3.63, 3.8) is 0 Å². The summed E-state index contributed by atoms with van der Waals surface area (Å²) in [7, 11) is 0. The van der Waals surface area contributed by atoms with Gasteiger partial charge >= 0.3 is 0 Å². The van der Waals surface area contributed by atoms with Crippen LogP contribution in [0.4, 0.5) is 0 Å². The molecule has 3 nitrogen and oxygen atoms in total. The molecule has 2 atom stereocenters. The van der Waals surface area contributed by atoms with Crippen molar-refractivity contribution in [2.75, 3.05) is 0 Å². The number of nitrogens with zero attached hydrogens (tertiary/aromatic N) is 1. The molecule has 2 aliphatic heterocycles. The molecule has 2 bridgehead atoms. The predicted molar refractivity (Wildman–Crippen MR) is 87.0 cm³/mol. The lowest BCUT2D eigenvalue weighted by atomic mass is 9.97. The maximum absolute atomic E-state index is 12.8. The minimum Gasteiger partial charge on any atom is -0.333 e. The van der Waals surface area contributed by atoms with Crippen molar-refractivity contribution >= 4 is 44.4 Å². The summed E-state index contributed by atoms with van der Waals surface area (Å²) in [6, 6.07) is 6.84. The van der Waals surface area contributed by atoms with Gasteiger partial charge in [-0.2, -0.15) is 0 Å². The third-order valence-electron chi connectivity index (χ3n) is 4.16. The van der Waals surface area contributed by atoms with Crippen molar-refractivity contribution < 1.29 is 4.79 Å². The van der Waals surface area contributed by atoms with Gasteiger partial charge in [0.1, 0.15) is 0 Å². The van der Waals surface area contributed by atoms with Crippen LogP contribution < -0.4 is 5.73 Å². The van der Waals surface area contributed by atoms with Crippen LogP contribution >= 0.6 is 38.5 Å². The molecule has 2 unspecified atom stereocenters. The lowest BCUT2D eigenvalue weighted by molar-refractivity contribution is 0.0574. The lowest BCUT2D eigenvalue weighted by Gasteiger charge is -2.38. The number of hydrogen-bond donors (Lipinski definition) is 1. The van der Waals surface area contributed by atoms with Crippen LogP contribution in [0.15, 0.2) is 22.7 Å². The molecule has 2 N–H and O–H groups in total. The minimum absolute atomic E-state index is 0.171. The number of benzene rings is 1. The zero-order chi connectivity index (χ0) is 13.6. The van der Waals surface area contributed by atoms with Crippen molar-refractivity contribution in [3.05, 3.63) is 31.8 Å². The SMILES string of the molecule is NC1CC2CCC(C1)N2C(=O)c1cc(Br)ccc1I. The van der Waals surface area contributed by atoms with Crippen LogP contribution in [-0.4, -0.2) is 28.9 Å². The summed E-state index contributed by atoms with van der Waals surface area (Å²) in [6.45, 7) is 0. The Hall–Kier alpha value is -0.140. The molecule has 3 rings (SSSR count). The van der Waals surface area contributed by atoms with Gasteiger partial charge in [-0.15, -0.1) is 0 Å². The summed E-state index contributed by atoms with van der Waals surface area (Å²) in [5.41, 5.74) is 6.87. The van der Waals surface area contributed by atoms with E-state index in [1.54, 1.807) is 0 Å². The molecule has 0 radical (unpaired) electrons. The first-order chi connectivity index (χ1) is 9.06. The average Bonchev–Trinajstić information content (AvgIpc) is 2.64. The predicted octanol–water partition coefficient (Wildman–Crippen LogP) is 3.15. The molecular formula is C14H16BrIN2O. The van der Waals surface area contributed by atoms with E-state index in [-0.39, 0.29) is 11.9 Å². The van der Waals surface area contributed by atoms with Gasteiger partial charge < -0.3 is 10.6 Å². The van der Waals surface area contributed by atoms with Gasteiger partial charge in [0.2, 0.25) is 0 Å². The Morgan fingerprint density at radius 2 is 1.95 bits per heavy atom. The fourth-order valence-corrected chi connectivity index (χ4v) is 4.28. The Kier molecular flexibility index (Phi) is 3.88. The Bertz CT molecular complexity index is 508. The summed E-state index contributed by atoms with van der Waals surface area (Å²) >= 11 is 5.68. The summed E-state index contributed by atoms with van der Waals surface area (Å²) in [5.74, 6) is 0.171. The van der Waals surface area contributed by atoms with E-state index in [0.717, 1.165) is 39.3 Å². The van der Waals surface area contributed by atoms with Crippen molar-refractivity contribution in [1.29, 1.82) is 0 Å². The fourth-order valence-electron chi connectivity index (χ4n) is 3.35. The van der Waals surface area contributed by atoms with Crippen LogP contribution in [-0.2, 0) is 0 Å². The normalized spacial score (nSPS) is 29.6. The molecule has 1 aromatic carbocycles. The summed E-state index contributed by atoms with van der Waals surface area (Å²) in [5, 5.41) is 0. The Labute approximate surface area is 135 Å². The first-order valence-electron chi connectivity index (χ1n) is 6.59. The maximum Gasteiger partial charge on any atom is 0.255 e. The molecule has 102 valence electrons. The van der Waals surface area contributed by atoms with Crippen LogP contribution in [0.2, 0.25) is 0 Å². The largest absolute Gasteiger partial charge is 0.333 e. The van der Waals surface area contributed by atoms with Crippen molar-refractivity contribution in [2.45, 2.75) is 43.8 Å². The Balaban J connectivity index is 1.90. The molecule has 2 fully saturated rings. The van der Waals surface area contributed by atoms with Gasteiger partial charge in [0.15, 0.2) is 0 Å². The second-order valence-corrected chi connectivity index (χ2v) is 7.53. The Morgan fingerprint density at radius 3 is 2.58 bits per heavy atom. The second-order valence-electron chi connectivity index (χ2n) is 5.45. The number of carbonyl (C=O) groups is 1. The highest BCUT2D eigenvalue weighted by Crippen LogP contribution is 2.36. The maximum atomic E-state index is 12.8. The van der Waals surface area contributed by atoms with Crippen molar-refractivity contribution in [3.8, 4) is 0 Å². The number of carbonyl (C=O) groups excluding carboxylic acids is 1. The first kappa shape index (κ1) is 13.8. The van der Waals surface area contributed by atoms with Crippen LogP contribution in [0, 0.1) is 3.57 Å². The fraction of sp³-hybridized carbons (Fsp3) is 0.500. The minimum atomic E-state index is 0.171. The number of halogens is 2. The van der Waals surface area contributed by atoms with Crippen LogP contribution in [0.3, 0.4) is 0 Å². The molecule has 0 saturated carbocycles. The molecule has 2 heterocycles. The van der Waals surface area contributed by atoms with Crippen LogP contribution in [0.25, 0.3) is 0 Å². The standard InChI is InChI=1S/C14H16BrIN2O/c15-8-1-4-13(16)12(5-8)14(19)18-10-2-3-11(18)7-9(17)6-10/h1,4-5,9-11H,2-3,6-7,17H2. The third-order valence-corrected chi connectivity index (χ3v) is 5.60. The molecule has 5 heteroatoms. The molecule has 0 aliphatic carbocycles. The van der Waals surface area contributed by atoms with Crippen molar-refractivity contribution in [2.24, 2.45) is 5.73 Å². The third kappa shape index (κ3) is 2.56. The van der Waals surface area contributed by atoms with E-state index < -0.39 is 0 Å². The number of rotatable bonds is 1. The zero-order valence-electron chi connectivity index (χ0n) is 10.5. The number of hydrogen-bond acceptors (Lipinski definition) is 2. The molecule has 1 amide bonds. The monoisotopic (exact) mass is 434 g/mol. The molecule has 1 aromatic rings. The molecule has 2 saturated heterocycles. The van der Waals surface area contributed by atoms with E-state index in [1.165, 1.54) is 0 Å². The van der Waals surface area contributed by atoms with E-state index >= 15 is 0 Å². The molecular weight excluding hydrogens is 419 g/mol. The highest BCUT2D eigenvalue weighted by atomic mass is 127. The van der Waals surface area contributed by atoms with Gasteiger partial charge in [-0.1, -0.05) is 15.9 Å². The summed E-state index contributed by atoms with van der Waals surface area (Å²) in [4.78, 5) is 14.9. The number of fused-ring (bicyclic) bond motifs is 2. The second kappa shape index (κ2) is 5.33. The van der Waals surface area contributed by atoms with Gasteiger partial charge in [0.25, 0.3) is 5.91 Å². The molecule has 2 aliphatic rings. The molecule has 0 spiro atoms. The van der Waals surface area contributed by atoms with E-state index in [2.05, 4.69) is 43.4 Å². The highest BCUT2D eigenvalue weighted by molar-refractivity contribution is 14.1.